The molecule has 4 heteroatoms. The van der Waals surface area contributed by atoms with E-state index in [-0.39, 0.29) is 0 Å². The van der Waals surface area contributed by atoms with Gasteiger partial charge in [0.1, 0.15) is 5.58 Å². The maximum atomic E-state index is 6.04. The fourth-order valence-corrected chi connectivity index (χ4v) is 2.76. The van der Waals surface area contributed by atoms with E-state index in [1.807, 2.05) is 18.2 Å². The molecule has 1 heterocycles. The Bertz CT molecular complexity index is 572. The predicted octanol–water partition coefficient (Wildman–Crippen LogP) is 4.69. The molecule has 0 aliphatic carbocycles. The highest BCUT2D eigenvalue weighted by Gasteiger charge is 2.09. The Labute approximate surface area is 139 Å². The molecule has 0 bridgehead atoms. The van der Waals surface area contributed by atoms with Crippen molar-refractivity contribution in [2.75, 3.05) is 32.0 Å². The fraction of sp³-hybridized carbons (Fsp3) is 0.579. The van der Waals surface area contributed by atoms with Crippen molar-refractivity contribution >= 4 is 16.7 Å². The molecule has 1 aromatic heterocycles. The largest absolute Gasteiger partial charge is 0.491 e. The smallest absolute Gasteiger partial charge is 0.153 e. The van der Waals surface area contributed by atoms with Crippen LogP contribution < -0.4 is 10.5 Å². The molecule has 0 aliphatic rings. The third-order valence-electron chi connectivity index (χ3n) is 4.14. The molecule has 0 aliphatic heterocycles. The van der Waals surface area contributed by atoms with E-state index >= 15 is 0 Å². The number of nitrogens with zero attached hydrogens (tertiary/aromatic N) is 1. The first-order valence-electron chi connectivity index (χ1n) is 8.87. The fourth-order valence-electron chi connectivity index (χ4n) is 2.76. The van der Waals surface area contributed by atoms with Gasteiger partial charge in [0.25, 0.3) is 0 Å². The van der Waals surface area contributed by atoms with Crippen LogP contribution in [0.1, 0.15) is 46.0 Å². The highest BCUT2D eigenvalue weighted by atomic mass is 16.5. The van der Waals surface area contributed by atoms with Gasteiger partial charge in [0, 0.05) is 6.54 Å². The number of ether oxygens (including phenoxy) is 1. The molecule has 2 rings (SSSR count). The maximum Gasteiger partial charge on any atom is 0.153 e. The summed E-state index contributed by atoms with van der Waals surface area (Å²) in [4.78, 5) is 2.55. The van der Waals surface area contributed by atoms with Gasteiger partial charge in [0.05, 0.1) is 23.9 Å². The second-order valence-electron chi connectivity index (χ2n) is 6.07. The van der Waals surface area contributed by atoms with Gasteiger partial charge in [-0.05, 0) is 50.6 Å². The highest BCUT2D eigenvalue weighted by molar-refractivity contribution is 5.89. The van der Waals surface area contributed by atoms with E-state index < -0.39 is 0 Å². The van der Waals surface area contributed by atoms with Crippen LogP contribution in [-0.2, 0) is 0 Å². The van der Waals surface area contributed by atoms with Gasteiger partial charge in [-0.15, -0.1) is 0 Å². The number of nitrogens with two attached hydrogens (primary N) is 1. The zero-order valence-corrected chi connectivity index (χ0v) is 14.5. The van der Waals surface area contributed by atoms with E-state index in [4.69, 9.17) is 14.9 Å². The van der Waals surface area contributed by atoms with Gasteiger partial charge >= 0.3 is 0 Å². The van der Waals surface area contributed by atoms with Crippen LogP contribution in [0.3, 0.4) is 0 Å². The van der Waals surface area contributed by atoms with Gasteiger partial charge in [-0.3, -0.25) is 0 Å². The number of hydrogen-bond acceptors (Lipinski definition) is 4. The Balaban J connectivity index is 1.82. The van der Waals surface area contributed by atoms with E-state index in [1.54, 1.807) is 6.26 Å². The first-order valence-corrected chi connectivity index (χ1v) is 8.87. The second kappa shape index (κ2) is 9.46. The molecule has 23 heavy (non-hydrogen) atoms. The minimum absolute atomic E-state index is 0.674. The van der Waals surface area contributed by atoms with Crippen LogP contribution in [0.2, 0.25) is 0 Å². The monoisotopic (exact) mass is 318 g/mol. The summed E-state index contributed by atoms with van der Waals surface area (Å²) in [5.74, 6) is 0.755. The van der Waals surface area contributed by atoms with Crippen LogP contribution in [0, 0.1) is 0 Å². The average Bonchev–Trinajstić information content (AvgIpc) is 3.03. The molecule has 2 N–H and O–H groups in total. The van der Waals surface area contributed by atoms with Crippen LogP contribution in [0.25, 0.3) is 11.0 Å². The van der Waals surface area contributed by atoms with Crippen molar-refractivity contribution < 1.29 is 9.15 Å². The molecular formula is C19H30N2O2. The van der Waals surface area contributed by atoms with E-state index in [0.29, 0.717) is 12.3 Å². The summed E-state index contributed by atoms with van der Waals surface area (Å²) in [6.07, 6.45) is 7.73. The molecule has 0 amide bonds. The molecule has 0 fully saturated rings. The van der Waals surface area contributed by atoms with Gasteiger partial charge < -0.3 is 19.8 Å². The zero-order valence-electron chi connectivity index (χ0n) is 14.5. The summed E-state index contributed by atoms with van der Waals surface area (Å²) in [5.41, 5.74) is 7.54. The van der Waals surface area contributed by atoms with E-state index in [9.17, 15) is 0 Å². The lowest BCUT2D eigenvalue weighted by atomic mass is 10.2. The number of fused-ring (bicyclic) bond motifs is 1. The van der Waals surface area contributed by atoms with Crippen molar-refractivity contribution in [3.05, 3.63) is 24.5 Å². The summed E-state index contributed by atoms with van der Waals surface area (Å²) in [7, 11) is 0. The minimum Gasteiger partial charge on any atom is -0.491 e. The minimum atomic E-state index is 0.674. The molecule has 1 aromatic carbocycles. The molecule has 0 unspecified atom stereocenters. The highest BCUT2D eigenvalue weighted by Crippen LogP contribution is 2.32. The lowest BCUT2D eigenvalue weighted by molar-refractivity contribution is 0.230. The third kappa shape index (κ3) is 5.17. The molecule has 4 nitrogen and oxygen atoms in total. The van der Waals surface area contributed by atoms with Gasteiger partial charge in [0.15, 0.2) is 5.75 Å². The Hall–Kier alpha value is -1.68. The average molecular weight is 318 g/mol. The standard InChI is InChI=1S/C19H30N2O2/c1-3-5-11-21(12-6-4-2)13-7-14-23-19-16-10-15-22-18(16)9-8-17(19)20/h8-10,15H,3-7,11-14,20H2,1-2H3. The lowest BCUT2D eigenvalue weighted by Gasteiger charge is -2.22. The Morgan fingerprint density at radius 1 is 1.00 bits per heavy atom. The number of hydrogen-bond donors (Lipinski definition) is 1. The van der Waals surface area contributed by atoms with Crippen LogP contribution in [-0.4, -0.2) is 31.1 Å². The topological polar surface area (TPSA) is 51.6 Å². The SMILES string of the molecule is CCCCN(CCCC)CCCOc1c(N)ccc2occc12. The van der Waals surface area contributed by atoms with Crippen molar-refractivity contribution in [3.63, 3.8) is 0 Å². The summed E-state index contributed by atoms with van der Waals surface area (Å²) in [6.45, 7) is 8.64. The van der Waals surface area contributed by atoms with Crippen LogP contribution in [0.5, 0.6) is 5.75 Å². The number of unbranched alkanes of at least 4 members (excludes halogenated alkanes) is 2. The van der Waals surface area contributed by atoms with Crippen LogP contribution >= 0.6 is 0 Å². The van der Waals surface area contributed by atoms with Crippen molar-refractivity contribution in [3.8, 4) is 5.75 Å². The number of rotatable bonds is 11. The van der Waals surface area contributed by atoms with Gasteiger partial charge in [0.2, 0.25) is 0 Å². The number of furan rings is 1. The Morgan fingerprint density at radius 2 is 1.70 bits per heavy atom. The normalized spacial score (nSPS) is 11.4. The zero-order chi connectivity index (χ0) is 16.5. The first kappa shape index (κ1) is 17.7. The second-order valence-corrected chi connectivity index (χ2v) is 6.07. The quantitative estimate of drug-likeness (QED) is 0.482. The summed E-state index contributed by atoms with van der Waals surface area (Å²) in [5, 5.41) is 0.957. The molecule has 0 saturated carbocycles. The van der Waals surface area contributed by atoms with E-state index in [0.717, 1.165) is 29.7 Å². The molecular weight excluding hydrogens is 288 g/mol. The molecule has 0 spiro atoms. The number of benzene rings is 1. The summed E-state index contributed by atoms with van der Waals surface area (Å²) in [6, 6.07) is 5.64. The van der Waals surface area contributed by atoms with Gasteiger partial charge in [-0.25, -0.2) is 0 Å². The van der Waals surface area contributed by atoms with Crippen molar-refractivity contribution in [2.24, 2.45) is 0 Å². The van der Waals surface area contributed by atoms with Crippen molar-refractivity contribution in [1.82, 2.24) is 4.90 Å². The first-order chi connectivity index (χ1) is 11.3. The van der Waals surface area contributed by atoms with Crippen molar-refractivity contribution in [2.45, 2.75) is 46.0 Å². The Morgan fingerprint density at radius 3 is 2.39 bits per heavy atom. The third-order valence-corrected chi connectivity index (χ3v) is 4.14. The Kier molecular flexibility index (Phi) is 7.27. The summed E-state index contributed by atoms with van der Waals surface area (Å²) < 4.78 is 11.4. The number of anilines is 1. The molecule has 0 saturated heterocycles. The number of nitrogen functional groups attached to an aromatic ring is 1. The molecule has 2 aromatic rings. The lowest BCUT2D eigenvalue weighted by Crippen LogP contribution is -2.28. The van der Waals surface area contributed by atoms with E-state index in [2.05, 4.69) is 18.7 Å². The predicted molar refractivity (Wildman–Crippen MR) is 97.0 cm³/mol. The molecule has 0 radical (unpaired) electrons. The van der Waals surface area contributed by atoms with E-state index in [1.165, 1.54) is 38.8 Å². The molecule has 0 atom stereocenters. The molecule has 128 valence electrons. The summed E-state index contributed by atoms with van der Waals surface area (Å²) >= 11 is 0. The van der Waals surface area contributed by atoms with Crippen LogP contribution in [0.15, 0.2) is 28.9 Å². The van der Waals surface area contributed by atoms with Crippen molar-refractivity contribution in [1.29, 1.82) is 0 Å². The van der Waals surface area contributed by atoms with Gasteiger partial charge in [-0.2, -0.15) is 0 Å². The maximum absolute atomic E-state index is 6.04. The van der Waals surface area contributed by atoms with Crippen LogP contribution in [0.4, 0.5) is 5.69 Å². The van der Waals surface area contributed by atoms with Gasteiger partial charge in [-0.1, -0.05) is 26.7 Å².